The van der Waals surface area contributed by atoms with E-state index in [1.807, 2.05) is 0 Å². The number of piperazine rings is 1. The van der Waals surface area contributed by atoms with Crippen LogP contribution in [0.15, 0.2) is 53.4 Å². The summed E-state index contributed by atoms with van der Waals surface area (Å²) in [5.41, 5.74) is -0.713. The van der Waals surface area contributed by atoms with E-state index in [4.69, 9.17) is 11.6 Å². The van der Waals surface area contributed by atoms with Crippen molar-refractivity contribution in [1.29, 1.82) is 0 Å². The predicted molar refractivity (Wildman–Crippen MR) is 97.6 cm³/mol. The molecule has 10 heteroatoms. The Hall–Kier alpha value is -2.10. The van der Waals surface area contributed by atoms with Crippen molar-refractivity contribution >= 4 is 27.5 Å². The number of halogens is 4. The molecule has 0 bridgehead atoms. The fourth-order valence-electron chi connectivity index (χ4n) is 2.91. The molecule has 1 aliphatic rings. The lowest BCUT2D eigenvalue weighted by atomic mass is 10.1. The Labute approximate surface area is 165 Å². The Kier molecular flexibility index (Phi) is 5.69. The van der Waals surface area contributed by atoms with Gasteiger partial charge in [-0.05, 0) is 36.4 Å². The normalized spacial score (nSPS) is 16.2. The molecule has 0 aliphatic carbocycles. The molecule has 1 saturated heterocycles. The number of carbonyl (C=O) groups is 1. The number of hydrogen-bond donors (Lipinski definition) is 0. The first-order valence-electron chi connectivity index (χ1n) is 8.32. The van der Waals surface area contributed by atoms with E-state index in [-0.39, 0.29) is 41.7 Å². The lowest BCUT2D eigenvalue weighted by Crippen LogP contribution is -2.50. The van der Waals surface area contributed by atoms with Gasteiger partial charge in [0.25, 0.3) is 5.91 Å². The second-order valence-electron chi connectivity index (χ2n) is 6.20. The summed E-state index contributed by atoms with van der Waals surface area (Å²) in [5, 5.41) is 0.116. The van der Waals surface area contributed by atoms with Gasteiger partial charge in [0, 0.05) is 31.7 Å². The molecule has 0 atom stereocenters. The zero-order valence-electron chi connectivity index (χ0n) is 14.5. The summed E-state index contributed by atoms with van der Waals surface area (Å²) in [6.07, 6.45) is -4.47. The summed E-state index contributed by atoms with van der Waals surface area (Å²) >= 11 is 5.98. The van der Waals surface area contributed by atoms with Crippen molar-refractivity contribution < 1.29 is 26.4 Å². The molecule has 5 nitrogen and oxygen atoms in total. The van der Waals surface area contributed by atoms with Gasteiger partial charge in [-0.1, -0.05) is 23.7 Å². The standard InChI is InChI=1S/C18H16ClF3N2O3S/c19-15-3-1-2-4-16(15)28(26,27)24-11-9-23(10-12-24)17(25)13-5-7-14(8-6-13)18(20,21)22/h1-8H,9-12H2. The monoisotopic (exact) mass is 432 g/mol. The van der Waals surface area contributed by atoms with Crippen LogP contribution in [0.25, 0.3) is 0 Å². The molecular weight excluding hydrogens is 417 g/mol. The summed E-state index contributed by atoms with van der Waals surface area (Å²) in [6, 6.07) is 10.0. The smallest absolute Gasteiger partial charge is 0.336 e. The summed E-state index contributed by atoms with van der Waals surface area (Å²) in [5.74, 6) is -0.441. The lowest BCUT2D eigenvalue weighted by Gasteiger charge is -2.34. The van der Waals surface area contributed by atoms with Gasteiger partial charge < -0.3 is 4.90 Å². The highest BCUT2D eigenvalue weighted by Gasteiger charge is 2.33. The first-order valence-corrected chi connectivity index (χ1v) is 10.1. The molecule has 0 N–H and O–H groups in total. The van der Waals surface area contributed by atoms with Crippen LogP contribution in [0.3, 0.4) is 0 Å². The first kappa shape index (κ1) is 20.6. The quantitative estimate of drug-likeness (QED) is 0.745. The maximum Gasteiger partial charge on any atom is 0.416 e. The Bertz CT molecular complexity index is 970. The molecule has 150 valence electrons. The number of sulfonamides is 1. The molecule has 28 heavy (non-hydrogen) atoms. The third kappa shape index (κ3) is 4.16. The van der Waals surface area contributed by atoms with Crippen LogP contribution < -0.4 is 0 Å². The minimum absolute atomic E-state index is 0.000757. The molecule has 0 unspecified atom stereocenters. The van der Waals surface area contributed by atoms with Gasteiger partial charge in [-0.2, -0.15) is 17.5 Å². The number of carbonyl (C=O) groups excluding carboxylic acids is 1. The van der Waals surface area contributed by atoms with Crippen molar-refractivity contribution in [3.63, 3.8) is 0 Å². The average Bonchev–Trinajstić information content (AvgIpc) is 2.67. The van der Waals surface area contributed by atoms with E-state index < -0.39 is 27.7 Å². The molecule has 0 saturated carbocycles. The highest BCUT2D eigenvalue weighted by atomic mass is 35.5. The summed E-state index contributed by atoms with van der Waals surface area (Å²) in [4.78, 5) is 13.9. The second kappa shape index (κ2) is 7.73. The third-order valence-electron chi connectivity index (χ3n) is 4.44. The molecular formula is C18H16ClF3N2O3S. The second-order valence-corrected chi connectivity index (χ2v) is 8.52. The van der Waals surface area contributed by atoms with Crippen LogP contribution in [0.5, 0.6) is 0 Å². The lowest BCUT2D eigenvalue weighted by molar-refractivity contribution is -0.137. The maximum atomic E-state index is 12.7. The Balaban J connectivity index is 1.68. The highest BCUT2D eigenvalue weighted by Crippen LogP contribution is 2.29. The number of alkyl halides is 3. The van der Waals surface area contributed by atoms with Crippen molar-refractivity contribution in [3.05, 3.63) is 64.7 Å². The number of rotatable bonds is 3. The molecule has 3 rings (SSSR count). The van der Waals surface area contributed by atoms with Gasteiger partial charge in [0.05, 0.1) is 10.6 Å². The van der Waals surface area contributed by atoms with Crippen molar-refractivity contribution in [3.8, 4) is 0 Å². The number of benzene rings is 2. The van der Waals surface area contributed by atoms with Crippen LogP contribution in [-0.2, 0) is 16.2 Å². The van der Waals surface area contributed by atoms with Gasteiger partial charge >= 0.3 is 6.18 Å². The maximum absolute atomic E-state index is 12.7. The van der Waals surface area contributed by atoms with Gasteiger partial charge in [0.2, 0.25) is 10.0 Å². The van der Waals surface area contributed by atoms with Crippen molar-refractivity contribution in [1.82, 2.24) is 9.21 Å². The summed E-state index contributed by atoms with van der Waals surface area (Å²) < 4.78 is 64.6. The van der Waals surface area contributed by atoms with Crippen molar-refractivity contribution in [2.45, 2.75) is 11.1 Å². The molecule has 0 radical (unpaired) electrons. The molecule has 1 amide bonds. The number of hydrogen-bond acceptors (Lipinski definition) is 3. The van der Waals surface area contributed by atoms with Crippen LogP contribution in [0.2, 0.25) is 5.02 Å². The van der Waals surface area contributed by atoms with Crippen LogP contribution >= 0.6 is 11.6 Å². The molecule has 1 aliphatic heterocycles. The van der Waals surface area contributed by atoms with E-state index in [9.17, 15) is 26.4 Å². The Morgan fingerprint density at radius 1 is 0.929 bits per heavy atom. The Morgan fingerprint density at radius 3 is 2.04 bits per heavy atom. The average molecular weight is 433 g/mol. The molecule has 0 spiro atoms. The predicted octanol–water partition coefficient (Wildman–Crippen LogP) is 3.51. The van der Waals surface area contributed by atoms with Gasteiger partial charge in [-0.25, -0.2) is 8.42 Å². The number of amides is 1. The van der Waals surface area contributed by atoms with E-state index in [1.165, 1.54) is 21.3 Å². The number of nitrogens with zero attached hydrogens (tertiary/aromatic N) is 2. The van der Waals surface area contributed by atoms with Gasteiger partial charge in [0.15, 0.2) is 0 Å². The largest absolute Gasteiger partial charge is 0.416 e. The highest BCUT2D eigenvalue weighted by molar-refractivity contribution is 7.89. The zero-order valence-corrected chi connectivity index (χ0v) is 16.1. The molecule has 1 heterocycles. The minimum atomic E-state index is -4.47. The SMILES string of the molecule is O=C(c1ccc(C(F)(F)F)cc1)N1CCN(S(=O)(=O)c2ccccc2Cl)CC1. The van der Waals surface area contributed by atoms with Gasteiger partial charge in [-0.15, -0.1) is 0 Å². The first-order chi connectivity index (χ1) is 13.1. The van der Waals surface area contributed by atoms with E-state index in [1.54, 1.807) is 12.1 Å². The minimum Gasteiger partial charge on any atom is -0.336 e. The van der Waals surface area contributed by atoms with Crippen LogP contribution in [0.1, 0.15) is 15.9 Å². The van der Waals surface area contributed by atoms with Crippen molar-refractivity contribution in [2.75, 3.05) is 26.2 Å². The Morgan fingerprint density at radius 2 is 1.50 bits per heavy atom. The molecule has 1 fully saturated rings. The van der Waals surface area contributed by atoms with Crippen LogP contribution in [-0.4, -0.2) is 49.7 Å². The topological polar surface area (TPSA) is 57.7 Å². The van der Waals surface area contributed by atoms with E-state index in [2.05, 4.69) is 0 Å². The van der Waals surface area contributed by atoms with Crippen molar-refractivity contribution in [2.24, 2.45) is 0 Å². The van der Waals surface area contributed by atoms with Gasteiger partial charge in [-0.3, -0.25) is 4.79 Å². The van der Waals surface area contributed by atoms with Crippen LogP contribution in [0.4, 0.5) is 13.2 Å². The fraction of sp³-hybridized carbons (Fsp3) is 0.278. The summed E-state index contributed by atoms with van der Waals surface area (Å²) in [6.45, 7) is 0.396. The van der Waals surface area contributed by atoms with E-state index in [0.717, 1.165) is 24.3 Å². The molecule has 2 aromatic carbocycles. The van der Waals surface area contributed by atoms with E-state index >= 15 is 0 Å². The summed E-state index contributed by atoms with van der Waals surface area (Å²) in [7, 11) is -3.79. The zero-order chi connectivity index (χ0) is 20.5. The molecule has 2 aromatic rings. The van der Waals surface area contributed by atoms with Gasteiger partial charge in [0.1, 0.15) is 4.90 Å². The van der Waals surface area contributed by atoms with Crippen LogP contribution in [0, 0.1) is 0 Å². The molecule has 0 aromatic heterocycles. The third-order valence-corrected chi connectivity index (χ3v) is 6.84. The van der Waals surface area contributed by atoms with E-state index in [0.29, 0.717) is 0 Å². The fourth-order valence-corrected chi connectivity index (χ4v) is 4.82.